The molecule has 5 nitrogen and oxygen atoms in total. The zero-order valence-electron chi connectivity index (χ0n) is 16.1. The Labute approximate surface area is 153 Å². The molecule has 148 valence electrons. The summed E-state index contributed by atoms with van der Waals surface area (Å²) in [5, 5.41) is 18.2. The van der Waals surface area contributed by atoms with Gasteiger partial charge in [0.15, 0.2) is 0 Å². The normalized spacial score (nSPS) is 13.9. The average molecular weight is 359 g/mol. The number of carbonyl (C=O) groups excluding carboxylic acids is 1. The van der Waals surface area contributed by atoms with Crippen LogP contribution >= 0.6 is 0 Å². The molecule has 0 spiro atoms. The van der Waals surface area contributed by atoms with Crippen LogP contribution in [0.4, 0.5) is 0 Å². The average Bonchev–Trinajstić information content (AvgIpc) is 2.62. The van der Waals surface area contributed by atoms with Gasteiger partial charge in [-0.15, -0.1) is 0 Å². The summed E-state index contributed by atoms with van der Waals surface area (Å²) >= 11 is 0. The fourth-order valence-corrected chi connectivity index (χ4v) is 2.63. The lowest BCUT2D eigenvalue weighted by molar-refractivity contribution is -0.194. The van der Waals surface area contributed by atoms with E-state index in [9.17, 15) is 9.90 Å². The number of aliphatic hydroxyl groups is 2. The van der Waals surface area contributed by atoms with Crippen LogP contribution in [0, 0.1) is 0 Å². The quantitative estimate of drug-likeness (QED) is 0.177. The highest BCUT2D eigenvalue weighted by atomic mass is 16.7. The van der Waals surface area contributed by atoms with Crippen LogP contribution in [0.25, 0.3) is 0 Å². The summed E-state index contributed by atoms with van der Waals surface area (Å²) in [6.07, 6.45) is 15.9. The Hall–Kier alpha value is -0.910. The number of methoxy groups -OCH3 is 1. The van der Waals surface area contributed by atoms with Gasteiger partial charge in [-0.25, -0.2) is 4.79 Å². The maximum atomic E-state index is 11.6. The van der Waals surface area contributed by atoms with Gasteiger partial charge in [0.2, 0.25) is 6.29 Å². The van der Waals surface area contributed by atoms with Gasteiger partial charge in [-0.2, -0.15) is 0 Å². The van der Waals surface area contributed by atoms with Crippen LogP contribution < -0.4 is 0 Å². The largest absolute Gasteiger partial charge is 0.430 e. The first-order valence-electron chi connectivity index (χ1n) is 9.84. The number of ether oxygens (including phenoxy) is 2. The van der Waals surface area contributed by atoms with E-state index in [0.29, 0.717) is 0 Å². The molecule has 0 aromatic rings. The molecule has 25 heavy (non-hydrogen) atoms. The van der Waals surface area contributed by atoms with Crippen LogP contribution in [0.3, 0.4) is 0 Å². The fourth-order valence-electron chi connectivity index (χ4n) is 2.63. The molecular formula is C20H38O5. The summed E-state index contributed by atoms with van der Waals surface area (Å²) in [5.41, 5.74) is 0. The van der Waals surface area contributed by atoms with Crippen molar-refractivity contribution in [3.8, 4) is 0 Å². The van der Waals surface area contributed by atoms with Crippen molar-refractivity contribution in [2.24, 2.45) is 0 Å². The number of esters is 1. The number of rotatable bonds is 17. The van der Waals surface area contributed by atoms with Gasteiger partial charge < -0.3 is 19.7 Å². The van der Waals surface area contributed by atoms with Crippen LogP contribution in [0.5, 0.6) is 0 Å². The second-order valence-electron chi connectivity index (χ2n) is 6.52. The first-order valence-corrected chi connectivity index (χ1v) is 9.84. The van der Waals surface area contributed by atoms with E-state index >= 15 is 0 Å². The maximum absolute atomic E-state index is 11.6. The Balaban J connectivity index is 3.49. The molecule has 2 atom stereocenters. The zero-order valence-corrected chi connectivity index (χ0v) is 16.1. The minimum Gasteiger partial charge on any atom is -0.430 e. The summed E-state index contributed by atoms with van der Waals surface area (Å²) in [7, 11) is 1.31. The van der Waals surface area contributed by atoms with Crippen molar-refractivity contribution < 1.29 is 24.5 Å². The van der Waals surface area contributed by atoms with Gasteiger partial charge in [0, 0.05) is 13.2 Å². The molecule has 0 aliphatic heterocycles. The molecule has 0 aromatic carbocycles. The highest BCUT2D eigenvalue weighted by Crippen LogP contribution is 2.12. The van der Waals surface area contributed by atoms with E-state index in [4.69, 9.17) is 14.6 Å². The van der Waals surface area contributed by atoms with Crippen LogP contribution in [-0.2, 0) is 14.3 Å². The molecule has 0 heterocycles. The standard InChI is InChI=1S/C20H38O5/c1-3-4-5-6-7-8-9-10-11-12-13-14-15-16-19(23)25-20(24-2)18(22)17-21/h15-16,18,20-22H,3-14,17H2,1-2H3. The molecule has 0 bridgehead atoms. The van der Waals surface area contributed by atoms with Gasteiger partial charge in [-0.3, -0.25) is 0 Å². The number of carbonyl (C=O) groups is 1. The van der Waals surface area contributed by atoms with E-state index in [2.05, 4.69) is 6.92 Å². The number of unbranched alkanes of at least 4 members (excludes halogenated alkanes) is 11. The highest BCUT2D eigenvalue weighted by molar-refractivity contribution is 5.81. The van der Waals surface area contributed by atoms with Gasteiger partial charge in [0.25, 0.3) is 0 Å². The lowest BCUT2D eigenvalue weighted by Crippen LogP contribution is -2.35. The van der Waals surface area contributed by atoms with Crippen molar-refractivity contribution in [1.29, 1.82) is 0 Å². The predicted molar refractivity (Wildman–Crippen MR) is 100 cm³/mol. The number of aliphatic hydroxyl groups excluding tert-OH is 2. The van der Waals surface area contributed by atoms with Gasteiger partial charge >= 0.3 is 5.97 Å². The third kappa shape index (κ3) is 15.1. The van der Waals surface area contributed by atoms with E-state index < -0.39 is 25.0 Å². The Bertz CT molecular complexity index is 330. The van der Waals surface area contributed by atoms with Crippen molar-refractivity contribution in [2.45, 2.75) is 96.4 Å². The van der Waals surface area contributed by atoms with Crippen molar-refractivity contribution in [3.63, 3.8) is 0 Å². The zero-order chi connectivity index (χ0) is 18.8. The van der Waals surface area contributed by atoms with E-state index in [1.807, 2.05) is 0 Å². The summed E-state index contributed by atoms with van der Waals surface area (Å²) in [6, 6.07) is 0. The molecule has 0 rings (SSSR count). The molecule has 0 aliphatic carbocycles. The molecule has 0 aliphatic rings. The van der Waals surface area contributed by atoms with Crippen LogP contribution in [-0.4, -0.2) is 42.3 Å². The van der Waals surface area contributed by atoms with Crippen molar-refractivity contribution in [1.82, 2.24) is 0 Å². The topological polar surface area (TPSA) is 76.0 Å². The molecule has 0 amide bonds. The van der Waals surface area contributed by atoms with Crippen LogP contribution in [0.2, 0.25) is 0 Å². The highest BCUT2D eigenvalue weighted by Gasteiger charge is 2.20. The summed E-state index contributed by atoms with van der Waals surface area (Å²) in [4.78, 5) is 11.6. The van der Waals surface area contributed by atoms with Crippen LogP contribution in [0.15, 0.2) is 12.2 Å². The van der Waals surface area contributed by atoms with Crippen molar-refractivity contribution in [3.05, 3.63) is 12.2 Å². The molecule has 0 saturated carbocycles. The van der Waals surface area contributed by atoms with E-state index in [1.54, 1.807) is 6.08 Å². The van der Waals surface area contributed by atoms with Crippen LogP contribution in [0.1, 0.15) is 84.0 Å². The van der Waals surface area contributed by atoms with Gasteiger partial charge in [0.1, 0.15) is 6.10 Å². The number of hydrogen-bond donors (Lipinski definition) is 2. The predicted octanol–water partition coefficient (Wildman–Crippen LogP) is 4.11. The van der Waals surface area contributed by atoms with Gasteiger partial charge in [-0.05, 0) is 12.8 Å². The molecule has 0 saturated heterocycles. The second-order valence-corrected chi connectivity index (χ2v) is 6.52. The van der Waals surface area contributed by atoms with E-state index in [1.165, 1.54) is 77.4 Å². The smallest absolute Gasteiger partial charge is 0.332 e. The fraction of sp³-hybridized carbons (Fsp3) is 0.850. The lowest BCUT2D eigenvalue weighted by atomic mass is 10.1. The monoisotopic (exact) mass is 358 g/mol. The minimum atomic E-state index is -1.23. The summed E-state index contributed by atoms with van der Waals surface area (Å²) in [5.74, 6) is -0.567. The third-order valence-electron chi connectivity index (χ3n) is 4.19. The molecule has 5 heteroatoms. The first-order chi connectivity index (χ1) is 12.2. The Morgan fingerprint density at radius 3 is 1.96 bits per heavy atom. The number of allylic oxidation sites excluding steroid dienone is 1. The molecule has 2 unspecified atom stereocenters. The second kappa shape index (κ2) is 17.9. The minimum absolute atomic E-state index is 0.520. The molecule has 0 aromatic heterocycles. The Morgan fingerprint density at radius 2 is 1.48 bits per heavy atom. The molecule has 0 radical (unpaired) electrons. The van der Waals surface area contributed by atoms with Crippen molar-refractivity contribution >= 4 is 5.97 Å². The summed E-state index contributed by atoms with van der Waals surface area (Å²) in [6.45, 7) is 1.73. The Morgan fingerprint density at radius 1 is 0.960 bits per heavy atom. The summed E-state index contributed by atoms with van der Waals surface area (Å²) < 4.78 is 9.71. The SMILES string of the molecule is CCCCCCCCCCCCCC=CC(=O)OC(OC)C(O)CO. The third-order valence-corrected chi connectivity index (χ3v) is 4.19. The maximum Gasteiger partial charge on any atom is 0.332 e. The Kier molecular flexibility index (Phi) is 17.2. The number of hydrogen-bond acceptors (Lipinski definition) is 5. The van der Waals surface area contributed by atoms with E-state index in [0.717, 1.165) is 12.8 Å². The molecular weight excluding hydrogens is 320 g/mol. The lowest BCUT2D eigenvalue weighted by Gasteiger charge is -2.18. The van der Waals surface area contributed by atoms with E-state index in [-0.39, 0.29) is 0 Å². The molecule has 2 N–H and O–H groups in total. The van der Waals surface area contributed by atoms with Gasteiger partial charge in [-0.1, -0.05) is 77.2 Å². The van der Waals surface area contributed by atoms with Crippen molar-refractivity contribution in [2.75, 3.05) is 13.7 Å². The first kappa shape index (κ1) is 24.1. The molecule has 0 fully saturated rings. The van der Waals surface area contributed by atoms with Gasteiger partial charge in [0.05, 0.1) is 6.61 Å².